The van der Waals surface area contributed by atoms with Gasteiger partial charge >= 0.3 is 6.18 Å². The number of nitrogens with zero attached hydrogens (tertiary/aromatic N) is 1. The standard InChI is InChI=1S/C14H10F3NO2/c15-14(16,17)11-7-6-10(13(19)8-11)9-18(20)12-4-2-1-3-5-12/h1-9,19H. The molecule has 2 rings (SSSR count). The number of aromatic hydroxyl groups is 1. The quantitative estimate of drug-likeness (QED) is 0.395. The average Bonchev–Trinajstić information content (AvgIpc) is 2.41. The molecule has 0 radical (unpaired) electrons. The molecule has 0 bridgehead atoms. The van der Waals surface area contributed by atoms with Gasteiger partial charge < -0.3 is 10.3 Å². The molecule has 0 saturated heterocycles. The van der Waals surface area contributed by atoms with Crippen molar-refractivity contribution in [2.24, 2.45) is 0 Å². The molecule has 0 aliphatic carbocycles. The fraction of sp³-hybridized carbons (Fsp3) is 0.0714. The van der Waals surface area contributed by atoms with Crippen molar-refractivity contribution in [2.45, 2.75) is 6.18 Å². The van der Waals surface area contributed by atoms with Crippen LogP contribution in [-0.4, -0.2) is 16.1 Å². The van der Waals surface area contributed by atoms with Crippen LogP contribution < -0.4 is 0 Å². The monoisotopic (exact) mass is 281 g/mol. The van der Waals surface area contributed by atoms with Crippen LogP contribution in [0.5, 0.6) is 5.75 Å². The van der Waals surface area contributed by atoms with E-state index >= 15 is 0 Å². The Kier molecular flexibility index (Phi) is 3.65. The summed E-state index contributed by atoms with van der Waals surface area (Å²) in [5.41, 5.74) is -0.645. The van der Waals surface area contributed by atoms with E-state index in [-0.39, 0.29) is 5.56 Å². The van der Waals surface area contributed by atoms with Gasteiger partial charge in [0.05, 0.1) is 11.1 Å². The van der Waals surface area contributed by atoms with Crippen molar-refractivity contribution in [1.29, 1.82) is 0 Å². The third-order valence-electron chi connectivity index (χ3n) is 2.62. The van der Waals surface area contributed by atoms with E-state index in [0.29, 0.717) is 16.5 Å². The highest BCUT2D eigenvalue weighted by Gasteiger charge is 2.31. The Hall–Kier alpha value is -2.50. The van der Waals surface area contributed by atoms with Crippen LogP contribution in [0.1, 0.15) is 11.1 Å². The van der Waals surface area contributed by atoms with E-state index in [4.69, 9.17) is 0 Å². The van der Waals surface area contributed by atoms with Crippen molar-refractivity contribution in [3.8, 4) is 5.75 Å². The smallest absolute Gasteiger partial charge is 0.416 e. The summed E-state index contributed by atoms with van der Waals surface area (Å²) in [4.78, 5) is 0. The maximum absolute atomic E-state index is 12.4. The van der Waals surface area contributed by atoms with E-state index in [0.717, 1.165) is 18.3 Å². The van der Waals surface area contributed by atoms with E-state index in [1.165, 1.54) is 0 Å². The molecule has 20 heavy (non-hydrogen) atoms. The number of phenols is 1. The van der Waals surface area contributed by atoms with Gasteiger partial charge in [0.1, 0.15) is 5.75 Å². The number of para-hydroxylation sites is 1. The largest absolute Gasteiger partial charge is 0.618 e. The van der Waals surface area contributed by atoms with Crippen LogP contribution in [0.25, 0.3) is 0 Å². The highest BCUT2D eigenvalue weighted by atomic mass is 19.4. The van der Waals surface area contributed by atoms with Crippen LogP contribution in [0.4, 0.5) is 18.9 Å². The Balaban J connectivity index is 2.35. The summed E-state index contributed by atoms with van der Waals surface area (Å²) in [5.74, 6) is -0.600. The van der Waals surface area contributed by atoms with Gasteiger partial charge in [-0.2, -0.15) is 17.9 Å². The van der Waals surface area contributed by atoms with Gasteiger partial charge in [-0.1, -0.05) is 18.2 Å². The van der Waals surface area contributed by atoms with E-state index in [1.807, 2.05) is 0 Å². The molecular weight excluding hydrogens is 271 g/mol. The van der Waals surface area contributed by atoms with Crippen LogP contribution in [0.3, 0.4) is 0 Å². The fourth-order valence-corrected chi connectivity index (χ4v) is 1.60. The highest BCUT2D eigenvalue weighted by molar-refractivity contribution is 5.80. The maximum Gasteiger partial charge on any atom is 0.416 e. The summed E-state index contributed by atoms with van der Waals surface area (Å²) in [6, 6.07) is 10.6. The van der Waals surface area contributed by atoms with Crippen LogP contribution in [0.15, 0.2) is 48.5 Å². The summed E-state index contributed by atoms with van der Waals surface area (Å²) in [6.07, 6.45) is -3.52. The van der Waals surface area contributed by atoms with Crippen LogP contribution in [0.2, 0.25) is 0 Å². The van der Waals surface area contributed by atoms with Crippen LogP contribution in [-0.2, 0) is 6.18 Å². The number of halogens is 3. The lowest BCUT2D eigenvalue weighted by atomic mass is 10.1. The van der Waals surface area contributed by atoms with Gasteiger partial charge in [0, 0.05) is 12.1 Å². The average molecular weight is 281 g/mol. The van der Waals surface area contributed by atoms with Crippen molar-refractivity contribution in [3.63, 3.8) is 0 Å². The topological polar surface area (TPSA) is 46.3 Å². The molecule has 0 saturated carbocycles. The zero-order chi connectivity index (χ0) is 14.8. The molecule has 0 atom stereocenters. The summed E-state index contributed by atoms with van der Waals surface area (Å²) in [6.45, 7) is 0. The third kappa shape index (κ3) is 3.09. The van der Waals surface area contributed by atoms with Crippen molar-refractivity contribution >= 4 is 11.9 Å². The number of rotatable bonds is 2. The maximum atomic E-state index is 12.4. The SMILES string of the molecule is [O-][N+](=Cc1ccc(C(F)(F)F)cc1O)c1ccccc1. The fourth-order valence-electron chi connectivity index (χ4n) is 1.60. The molecule has 0 fully saturated rings. The van der Waals surface area contributed by atoms with E-state index < -0.39 is 17.5 Å². The lowest BCUT2D eigenvalue weighted by molar-refractivity contribution is -0.354. The highest BCUT2D eigenvalue weighted by Crippen LogP contribution is 2.32. The molecule has 6 heteroatoms. The first-order chi connectivity index (χ1) is 9.38. The zero-order valence-electron chi connectivity index (χ0n) is 10.1. The molecular formula is C14H10F3NO2. The normalized spacial score (nSPS) is 12.4. The Morgan fingerprint density at radius 1 is 1.05 bits per heavy atom. The van der Waals surface area contributed by atoms with Gasteiger partial charge in [0.2, 0.25) is 5.69 Å². The lowest BCUT2D eigenvalue weighted by Gasteiger charge is -2.08. The molecule has 0 unspecified atom stereocenters. The minimum Gasteiger partial charge on any atom is -0.618 e. The second-order valence-electron chi connectivity index (χ2n) is 4.06. The molecule has 2 aromatic rings. The van der Waals surface area contributed by atoms with Crippen LogP contribution >= 0.6 is 0 Å². The Bertz CT molecular complexity index is 637. The van der Waals surface area contributed by atoms with Crippen molar-refractivity contribution in [1.82, 2.24) is 0 Å². The first-order valence-corrected chi connectivity index (χ1v) is 5.64. The van der Waals surface area contributed by atoms with E-state index in [1.54, 1.807) is 30.3 Å². The van der Waals surface area contributed by atoms with Gasteiger partial charge in [-0.25, -0.2) is 0 Å². The molecule has 0 aromatic heterocycles. The molecule has 3 nitrogen and oxygen atoms in total. The second-order valence-corrected chi connectivity index (χ2v) is 4.06. The van der Waals surface area contributed by atoms with Gasteiger partial charge in [0.15, 0.2) is 6.21 Å². The predicted octanol–water partition coefficient (Wildman–Crippen LogP) is 3.67. The molecule has 0 heterocycles. The molecule has 0 aliphatic rings. The van der Waals surface area contributed by atoms with Gasteiger partial charge in [-0.15, -0.1) is 0 Å². The molecule has 2 aromatic carbocycles. The van der Waals surface area contributed by atoms with Crippen molar-refractivity contribution in [3.05, 3.63) is 64.9 Å². The summed E-state index contributed by atoms with van der Waals surface area (Å²) < 4.78 is 37.8. The molecule has 0 spiro atoms. The minimum atomic E-state index is -4.54. The second kappa shape index (κ2) is 5.24. The van der Waals surface area contributed by atoms with Gasteiger partial charge in [0.25, 0.3) is 0 Å². The summed E-state index contributed by atoms with van der Waals surface area (Å²) in [7, 11) is 0. The molecule has 1 N–H and O–H groups in total. The minimum absolute atomic E-state index is 0.0110. The number of benzene rings is 2. The third-order valence-corrected chi connectivity index (χ3v) is 2.62. The van der Waals surface area contributed by atoms with E-state index in [2.05, 4.69) is 0 Å². The molecule has 0 aliphatic heterocycles. The first-order valence-electron chi connectivity index (χ1n) is 5.64. The van der Waals surface area contributed by atoms with E-state index in [9.17, 15) is 23.5 Å². The number of phenolic OH excluding ortho intramolecular Hbond substituents is 1. The number of alkyl halides is 3. The van der Waals surface area contributed by atoms with Gasteiger partial charge in [-0.3, -0.25) is 0 Å². The first kappa shape index (κ1) is 13.9. The van der Waals surface area contributed by atoms with Crippen molar-refractivity contribution in [2.75, 3.05) is 0 Å². The lowest BCUT2D eigenvalue weighted by Crippen LogP contribution is -2.05. The van der Waals surface area contributed by atoms with Gasteiger partial charge in [-0.05, 0) is 18.2 Å². The Morgan fingerprint density at radius 2 is 1.70 bits per heavy atom. The Morgan fingerprint density at radius 3 is 2.25 bits per heavy atom. The summed E-state index contributed by atoms with van der Waals surface area (Å²) in [5, 5.41) is 21.3. The number of hydrogen-bond acceptors (Lipinski definition) is 2. The predicted molar refractivity (Wildman–Crippen MR) is 68.0 cm³/mol. The summed E-state index contributed by atoms with van der Waals surface area (Å²) >= 11 is 0. The van der Waals surface area contributed by atoms with Crippen molar-refractivity contribution < 1.29 is 23.0 Å². The zero-order valence-corrected chi connectivity index (χ0v) is 10.1. The molecule has 0 amide bonds. The number of hydrogen-bond donors (Lipinski definition) is 1. The molecule has 104 valence electrons. The Labute approximate surface area is 112 Å². The van der Waals surface area contributed by atoms with Crippen LogP contribution in [0, 0.1) is 5.21 Å².